The molecule has 3 N–H and O–H groups in total. The summed E-state index contributed by atoms with van der Waals surface area (Å²) in [7, 11) is -3.91. The van der Waals surface area contributed by atoms with E-state index in [-0.39, 0.29) is 33.9 Å². The van der Waals surface area contributed by atoms with Crippen LogP contribution in [0.15, 0.2) is 17.0 Å². The van der Waals surface area contributed by atoms with Gasteiger partial charge in [0, 0.05) is 12.6 Å². The van der Waals surface area contributed by atoms with Gasteiger partial charge in [0.2, 0.25) is 10.0 Å². The van der Waals surface area contributed by atoms with Gasteiger partial charge in [0.25, 0.3) is 0 Å². The Morgan fingerprint density at radius 3 is 2.22 bits per heavy atom. The molecule has 1 rings (SSSR count). The molecule has 4 nitrogen and oxygen atoms in total. The van der Waals surface area contributed by atoms with Crippen LogP contribution in [0.3, 0.4) is 0 Å². The Bertz CT molecular complexity index is 502. The number of hydrogen-bond acceptors (Lipinski definition) is 3. The Kier molecular flexibility index (Phi) is 6.84. The number of nitrogens with one attached hydrogen (secondary N) is 1. The molecule has 0 saturated carbocycles. The molecule has 0 fully saturated rings. The quantitative estimate of drug-likeness (QED) is 0.884. The van der Waals surface area contributed by atoms with Crippen LogP contribution in [-0.2, 0) is 10.0 Å². The smallest absolute Gasteiger partial charge is 0.243 e. The average molecular weight is 338 g/mol. The highest BCUT2D eigenvalue weighted by Gasteiger charge is 2.24. The minimum absolute atomic E-state index is 0. The first-order valence-electron chi connectivity index (χ1n) is 4.65. The van der Waals surface area contributed by atoms with Gasteiger partial charge in [-0.3, -0.25) is 0 Å². The van der Waals surface area contributed by atoms with Crippen LogP contribution in [-0.4, -0.2) is 21.0 Å². The highest BCUT2D eigenvalue weighted by Crippen LogP contribution is 2.30. The van der Waals surface area contributed by atoms with E-state index in [1.165, 1.54) is 0 Å². The zero-order valence-electron chi connectivity index (χ0n) is 9.28. The molecule has 0 aliphatic rings. The maximum atomic E-state index is 12.9. The van der Waals surface area contributed by atoms with E-state index in [4.69, 9.17) is 28.9 Å². The molecule has 1 atom stereocenters. The van der Waals surface area contributed by atoms with Crippen molar-refractivity contribution in [2.24, 2.45) is 5.73 Å². The second-order valence-electron chi connectivity index (χ2n) is 3.46. The van der Waals surface area contributed by atoms with E-state index in [0.29, 0.717) is 0 Å². The third kappa shape index (κ3) is 4.22. The lowest BCUT2D eigenvalue weighted by Crippen LogP contribution is -2.38. The van der Waals surface area contributed by atoms with Crippen molar-refractivity contribution < 1.29 is 12.8 Å². The molecule has 0 bridgehead atoms. The topological polar surface area (TPSA) is 72.2 Å². The van der Waals surface area contributed by atoms with Crippen LogP contribution < -0.4 is 10.5 Å². The molecular weight excluding hydrogens is 326 g/mol. The van der Waals surface area contributed by atoms with Gasteiger partial charge < -0.3 is 5.73 Å². The van der Waals surface area contributed by atoms with Gasteiger partial charge in [-0.25, -0.2) is 17.5 Å². The summed E-state index contributed by atoms with van der Waals surface area (Å²) in [6.07, 6.45) is 0. The lowest BCUT2D eigenvalue weighted by molar-refractivity contribution is 0.562. The summed E-state index contributed by atoms with van der Waals surface area (Å²) in [5.74, 6) is -0.703. The van der Waals surface area contributed by atoms with E-state index in [1.807, 2.05) is 0 Å². The van der Waals surface area contributed by atoms with E-state index in [0.717, 1.165) is 12.1 Å². The SMILES string of the molecule is C[C@H](CN)NS(=O)(=O)c1c(Cl)cc(F)cc1Cl.Cl. The van der Waals surface area contributed by atoms with E-state index in [9.17, 15) is 12.8 Å². The van der Waals surface area contributed by atoms with Crippen molar-refractivity contribution in [2.75, 3.05) is 6.54 Å². The Morgan fingerprint density at radius 1 is 1.39 bits per heavy atom. The predicted octanol–water partition coefficient (Wildman–Crippen LogP) is 2.18. The van der Waals surface area contributed by atoms with Crippen molar-refractivity contribution >= 4 is 45.6 Å². The van der Waals surface area contributed by atoms with E-state index >= 15 is 0 Å². The minimum atomic E-state index is -3.91. The fourth-order valence-electron chi connectivity index (χ4n) is 1.16. The highest BCUT2D eigenvalue weighted by molar-refractivity contribution is 7.89. The molecule has 1 aromatic carbocycles. The number of hydrogen-bond donors (Lipinski definition) is 2. The monoisotopic (exact) mass is 336 g/mol. The molecule has 104 valence electrons. The van der Waals surface area contributed by atoms with E-state index < -0.39 is 21.9 Å². The van der Waals surface area contributed by atoms with Crippen LogP contribution in [0.4, 0.5) is 4.39 Å². The molecule has 0 spiro atoms. The number of nitrogens with two attached hydrogens (primary N) is 1. The second-order valence-corrected chi connectivity index (χ2v) is 5.92. The minimum Gasteiger partial charge on any atom is -0.329 e. The van der Waals surface area contributed by atoms with Gasteiger partial charge in [-0.2, -0.15) is 0 Å². The van der Waals surface area contributed by atoms with Crippen molar-refractivity contribution in [1.82, 2.24) is 4.72 Å². The lowest BCUT2D eigenvalue weighted by Gasteiger charge is -2.14. The zero-order valence-corrected chi connectivity index (χ0v) is 12.4. The molecular formula is C9H12Cl3FN2O2S. The first-order chi connectivity index (χ1) is 7.77. The second kappa shape index (κ2) is 6.88. The van der Waals surface area contributed by atoms with Gasteiger partial charge in [-0.15, -0.1) is 12.4 Å². The molecule has 0 saturated heterocycles. The molecule has 0 radical (unpaired) electrons. The van der Waals surface area contributed by atoms with Crippen LogP contribution in [0.1, 0.15) is 6.92 Å². The van der Waals surface area contributed by atoms with E-state index in [1.54, 1.807) is 6.92 Å². The lowest BCUT2D eigenvalue weighted by atomic mass is 10.3. The normalized spacial score (nSPS) is 12.9. The van der Waals surface area contributed by atoms with Crippen molar-refractivity contribution in [3.05, 3.63) is 28.0 Å². The Balaban J connectivity index is 0.00000289. The van der Waals surface area contributed by atoms with Crippen LogP contribution >= 0.6 is 35.6 Å². The first kappa shape index (κ1) is 17.9. The molecule has 0 aromatic heterocycles. The van der Waals surface area contributed by atoms with Gasteiger partial charge in [-0.1, -0.05) is 23.2 Å². The van der Waals surface area contributed by atoms with Gasteiger partial charge >= 0.3 is 0 Å². The van der Waals surface area contributed by atoms with Crippen molar-refractivity contribution in [2.45, 2.75) is 17.9 Å². The summed E-state index contributed by atoms with van der Waals surface area (Å²) in [5, 5.41) is -0.543. The summed E-state index contributed by atoms with van der Waals surface area (Å²) in [5.41, 5.74) is 5.30. The fourth-order valence-corrected chi connectivity index (χ4v) is 3.60. The van der Waals surface area contributed by atoms with Crippen LogP contribution in [0.2, 0.25) is 10.0 Å². The first-order valence-corrected chi connectivity index (χ1v) is 6.88. The van der Waals surface area contributed by atoms with Crippen LogP contribution in [0.5, 0.6) is 0 Å². The van der Waals surface area contributed by atoms with Gasteiger partial charge in [0.1, 0.15) is 10.7 Å². The van der Waals surface area contributed by atoms with Crippen molar-refractivity contribution in [1.29, 1.82) is 0 Å². The molecule has 9 heteroatoms. The number of benzene rings is 1. The summed E-state index contributed by atoms with van der Waals surface area (Å²) in [6.45, 7) is 1.71. The third-order valence-electron chi connectivity index (χ3n) is 1.94. The zero-order chi connectivity index (χ0) is 13.2. The maximum absolute atomic E-state index is 12.9. The Hall–Kier alpha value is -0.110. The maximum Gasteiger partial charge on any atom is 0.243 e. The van der Waals surface area contributed by atoms with Gasteiger partial charge in [0.15, 0.2) is 0 Å². The highest BCUT2D eigenvalue weighted by atomic mass is 35.5. The fraction of sp³-hybridized carbons (Fsp3) is 0.333. The standard InChI is InChI=1S/C9H11Cl2FN2O2S.ClH/c1-5(4-13)14-17(15,16)9-7(10)2-6(12)3-8(9)11;/h2-3,5,14H,4,13H2,1H3;1H/t5-;/m1./s1. The summed E-state index contributed by atoms with van der Waals surface area (Å²) in [4.78, 5) is -0.345. The molecule has 0 aliphatic heterocycles. The summed E-state index contributed by atoms with van der Waals surface area (Å²) < 4.78 is 39.0. The van der Waals surface area contributed by atoms with Crippen molar-refractivity contribution in [3.63, 3.8) is 0 Å². The largest absolute Gasteiger partial charge is 0.329 e. The summed E-state index contributed by atoms with van der Waals surface area (Å²) >= 11 is 11.3. The van der Waals surface area contributed by atoms with Crippen molar-refractivity contribution in [3.8, 4) is 0 Å². The third-order valence-corrected chi connectivity index (χ3v) is 4.45. The number of rotatable bonds is 4. The van der Waals surface area contributed by atoms with Gasteiger partial charge in [0.05, 0.1) is 10.0 Å². The van der Waals surface area contributed by atoms with Crippen LogP contribution in [0.25, 0.3) is 0 Å². The van der Waals surface area contributed by atoms with Crippen LogP contribution in [0, 0.1) is 5.82 Å². The Morgan fingerprint density at radius 2 is 1.83 bits per heavy atom. The molecule has 0 amide bonds. The number of halogens is 4. The molecule has 18 heavy (non-hydrogen) atoms. The van der Waals surface area contributed by atoms with Gasteiger partial charge in [-0.05, 0) is 19.1 Å². The molecule has 0 heterocycles. The summed E-state index contributed by atoms with van der Waals surface area (Å²) in [6, 6.07) is 1.29. The molecule has 1 aromatic rings. The molecule has 0 aliphatic carbocycles. The average Bonchev–Trinajstić information content (AvgIpc) is 2.14. The van der Waals surface area contributed by atoms with E-state index in [2.05, 4.69) is 4.72 Å². The predicted molar refractivity (Wildman–Crippen MR) is 72.5 cm³/mol. The number of sulfonamides is 1. The molecule has 0 unspecified atom stereocenters. The Labute approximate surface area is 121 Å².